The van der Waals surface area contributed by atoms with E-state index < -0.39 is 16.6 Å². The first-order chi connectivity index (χ1) is 4.99. The molecule has 5 heteroatoms. The molecule has 0 aromatic carbocycles. The number of alkyl halides is 1. The summed E-state index contributed by atoms with van der Waals surface area (Å²) in [6.07, 6.45) is 0.217. The summed E-state index contributed by atoms with van der Waals surface area (Å²) in [5.74, 6) is -1.18. The van der Waals surface area contributed by atoms with Gasteiger partial charge in [-0.05, 0) is 13.3 Å². The maximum Gasteiger partial charge on any atom is 0.346 e. The monoisotopic (exact) mass is 242 g/mol. The second-order valence-corrected chi connectivity index (χ2v) is 3.04. The Bertz CT molecular complexity index is 183. The van der Waals surface area contributed by atoms with Crippen LogP contribution in [0.25, 0.3) is 0 Å². The van der Waals surface area contributed by atoms with Crippen molar-refractivity contribution < 1.29 is 13.4 Å². The van der Waals surface area contributed by atoms with E-state index in [1.807, 2.05) is 0 Å². The average Bonchev–Trinajstić information content (AvgIpc) is 2.01. The minimum atomic E-state index is -1.52. The van der Waals surface area contributed by atoms with Crippen LogP contribution in [0, 0.1) is 0 Å². The highest BCUT2D eigenvalue weighted by Gasteiger charge is 2.41. The highest BCUT2D eigenvalue weighted by molar-refractivity contribution is 9.06. The number of hydrogen-bond donors (Lipinski definition) is 0. The molecule has 0 radical (unpaired) electrons. The molecule has 0 N–H and O–H groups in total. The molecule has 0 spiro atoms. The lowest BCUT2D eigenvalue weighted by Gasteiger charge is -2.17. The van der Waals surface area contributed by atoms with E-state index in [1.165, 1.54) is 6.92 Å². The van der Waals surface area contributed by atoms with Crippen molar-refractivity contribution in [2.75, 3.05) is 0 Å². The van der Waals surface area contributed by atoms with Gasteiger partial charge in [0.2, 0.25) is 0 Å². The van der Waals surface area contributed by atoms with Crippen LogP contribution in [0.5, 0.6) is 0 Å². The van der Waals surface area contributed by atoms with E-state index in [0.717, 1.165) is 0 Å². The van der Waals surface area contributed by atoms with Crippen LogP contribution in [0.15, 0.2) is 0 Å². The molecule has 0 aliphatic heterocycles. The Kier molecular flexibility index (Phi) is 4.03. The Morgan fingerprint density at radius 1 is 1.64 bits per heavy atom. The van der Waals surface area contributed by atoms with Crippen LogP contribution in [-0.2, 0) is 13.4 Å². The molecule has 1 unspecified atom stereocenters. The zero-order chi connectivity index (χ0) is 9.07. The van der Waals surface area contributed by atoms with Gasteiger partial charge in [0, 0.05) is 0 Å². The van der Waals surface area contributed by atoms with Crippen LogP contribution in [0.1, 0.15) is 20.3 Å². The molecule has 0 amide bonds. The highest BCUT2D eigenvalue weighted by Crippen LogP contribution is 2.23. The molecule has 0 aromatic heterocycles. The van der Waals surface area contributed by atoms with E-state index in [0.29, 0.717) is 0 Å². The fourth-order valence-corrected chi connectivity index (χ4v) is 1.01. The van der Waals surface area contributed by atoms with Gasteiger partial charge < -0.3 is 3.83 Å². The maximum absolute atomic E-state index is 10.9. The molecule has 64 valence electrons. The summed E-state index contributed by atoms with van der Waals surface area (Å²) >= 11 is 8.13. The van der Waals surface area contributed by atoms with E-state index >= 15 is 0 Å². The molecule has 0 heterocycles. The lowest BCUT2D eigenvalue weighted by Crippen LogP contribution is -2.39. The number of Topliss-reactive ketones (excluding diaryl/α,β-unsaturated/α-hetero) is 1. The molecule has 0 fully saturated rings. The molecule has 0 rings (SSSR count). The number of rotatable bonds is 3. The lowest BCUT2D eigenvalue weighted by atomic mass is 10.0. The number of carbonyl (C=O) groups excluding carboxylic acids is 2. The van der Waals surface area contributed by atoms with Crippen LogP contribution in [-0.4, -0.2) is 16.6 Å². The van der Waals surface area contributed by atoms with E-state index in [9.17, 15) is 9.59 Å². The molecule has 0 aliphatic carbocycles. The van der Waals surface area contributed by atoms with Crippen molar-refractivity contribution in [1.29, 1.82) is 0 Å². The van der Waals surface area contributed by atoms with Gasteiger partial charge in [0.15, 0.2) is 26.9 Å². The van der Waals surface area contributed by atoms with E-state index in [2.05, 4.69) is 20.1 Å². The Labute approximate surface area is 78.5 Å². The molecule has 0 aliphatic rings. The van der Waals surface area contributed by atoms with Crippen molar-refractivity contribution in [2.24, 2.45) is 0 Å². The molecule has 1 atom stereocenters. The van der Waals surface area contributed by atoms with Crippen LogP contribution in [0.2, 0.25) is 0 Å². The Balaban J connectivity index is 4.59. The van der Waals surface area contributed by atoms with Crippen LogP contribution in [0.4, 0.5) is 0 Å². The third-order valence-corrected chi connectivity index (χ3v) is 2.42. The summed E-state index contributed by atoms with van der Waals surface area (Å²) < 4.78 is 4.19. The van der Waals surface area contributed by atoms with Crippen molar-refractivity contribution in [2.45, 2.75) is 25.1 Å². The minimum absolute atomic E-state index is 0.217. The number of ketones is 1. The summed E-state index contributed by atoms with van der Waals surface area (Å²) in [6.45, 7) is 2.89. The summed E-state index contributed by atoms with van der Waals surface area (Å²) in [7, 11) is 0. The minimum Gasteiger partial charge on any atom is -0.382 e. The smallest absolute Gasteiger partial charge is 0.346 e. The van der Waals surface area contributed by atoms with Crippen molar-refractivity contribution in [1.82, 2.24) is 0 Å². The molecule has 0 saturated carbocycles. The third-order valence-electron chi connectivity index (χ3n) is 1.44. The second kappa shape index (κ2) is 4.07. The van der Waals surface area contributed by atoms with Gasteiger partial charge in [-0.25, -0.2) is 4.79 Å². The van der Waals surface area contributed by atoms with Crippen molar-refractivity contribution >= 4 is 39.6 Å². The van der Waals surface area contributed by atoms with Gasteiger partial charge in [-0.1, -0.05) is 18.5 Å². The van der Waals surface area contributed by atoms with E-state index in [1.54, 1.807) is 6.92 Å². The molecule has 11 heavy (non-hydrogen) atoms. The Hall–Kier alpha value is -0.0900. The highest BCUT2D eigenvalue weighted by atomic mass is 79.9. The normalized spacial score (nSPS) is 15.3. The topological polar surface area (TPSA) is 43.4 Å². The zero-order valence-electron chi connectivity index (χ0n) is 6.19. The van der Waals surface area contributed by atoms with Crippen molar-refractivity contribution in [3.63, 3.8) is 0 Å². The molecule has 0 saturated heterocycles. The van der Waals surface area contributed by atoms with Gasteiger partial charge in [-0.2, -0.15) is 0 Å². The first-order valence-electron chi connectivity index (χ1n) is 3.02. The number of hydrogen-bond acceptors (Lipinski definition) is 3. The Morgan fingerprint density at radius 2 is 2.09 bits per heavy atom. The van der Waals surface area contributed by atoms with Crippen LogP contribution in [0.3, 0.4) is 0 Å². The molecular weight excluding hydrogens is 235 g/mol. The average molecular weight is 243 g/mol. The van der Waals surface area contributed by atoms with E-state index in [-0.39, 0.29) is 6.42 Å². The fraction of sp³-hybridized carbons (Fsp3) is 0.667. The van der Waals surface area contributed by atoms with Crippen molar-refractivity contribution in [3.05, 3.63) is 0 Å². The van der Waals surface area contributed by atoms with Gasteiger partial charge in [0.05, 0.1) is 0 Å². The zero-order valence-corrected chi connectivity index (χ0v) is 8.53. The summed E-state index contributed by atoms with van der Waals surface area (Å²) in [5, 5.41) is 0. The molecule has 0 aromatic rings. The van der Waals surface area contributed by atoms with Crippen molar-refractivity contribution in [3.8, 4) is 0 Å². The molecule has 3 nitrogen and oxygen atoms in total. The van der Waals surface area contributed by atoms with Crippen LogP contribution < -0.4 is 0 Å². The maximum atomic E-state index is 10.9. The largest absolute Gasteiger partial charge is 0.382 e. The van der Waals surface area contributed by atoms with Gasteiger partial charge in [0.1, 0.15) is 0 Å². The first-order valence-corrected chi connectivity index (χ1v) is 4.04. The predicted octanol–water partition coefficient (Wildman–Crippen LogP) is 1.82. The molecule has 0 bridgehead atoms. The van der Waals surface area contributed by atoms with Crippen LogP contribution >= 0.6 is 27.9 Å². The van der Waals surface area contributed by atoms with Gasteiger partial charge >= 0.3 is 5.97 Å². The second-order valence-electron chi connectivity index (χ2n) is 2.08. The summed E-state index contributed by atoms with van der Waals surface area (Å²) in [6, 6.07) is 0. The lowest BCUT2D eigenvalue weighted by molar-refractivity contribution is -0.139. The quantitative estimate of drug-likeness (QED) is 0.561. The third kappa shape index (κ3) is 2.17. The Morgan fingerprint density at radius 3 is 2.18 bits per heavy atom. The van der Waals surface area contributed by atoms with Gasteiger partial charge in [0.25, 0.3) is 0 Å². The van der Waals surface area contributed by atoms with E-state index in [4.69, 9.17) is 11.6 Å². The van der Waals surface area contributed by atoms with Gasteiger partial charge in [-0.15, -0.1) is 0 Å². The summed E-state index contributed by atoms with van der Waals surface area (Å²) in [4.78, 5) is 20.2. The molecular formula is C6H8BrClO3. The number of halogens is 2. The predicted molar refractivity (Wildman–Crippen MR) is 44.6 cm³/mol. The first kappa shape index (κ1) is 10.9. The fourth-order valence-electron chi connectivity index (χ4n) is 0.598. The SMILES string of the molecule is CCC(Cl)(C(C)=O)C(=O)OBr. The van der Waals surface area contributed by atoms with Gasteiger partial charge in [-0.3, -0.25) is 4.79 Å². The number of carbonyl (C=O) groups is 2. The summed E-state index contributed by atoms with van der Waals surface area (Å²) in [5.41, 5.74) is 0. The standard InChI is InChI=1S/C6H8BrClO3/c1-3-6(8,4(2)9)5(10)11-7/h3H2,1-2H3.